The SMILES string of the molecule is CNCCC1COc2ccc(Br)cc2N1. The third-order valence-corrected chi connectivity index (χ3v) is 2.98. The predicted octanol–water partition coefficient (Wildman–Crippen LogP) is 2.23. The third kappa shape index (κ3) is 2.63. The fraction of sp³-hybridized carbons (Fsp3) is 0.455. The molecule has 2 rings (SSSR count). The quantitative estimate of drug-likeness (QED) is 0.884. The molecule has 1 atom stereocenters. The van der Waals surface area contributed by atoms with E-state index in [0.717, 1.165) is 35.5 Å². The van der Waals surface area contributed by atoms with Crippen LogP contribution in [0.25, 0.3) is 0 Å². The summed E-state index contributed by atoms with van der Waals surface area (Å²) in [6, 6.07) is 6.44. The Labute approximate surface area is 98.3 Å². The Hall–Kier alpha value is -0.740. The van der Waals surface area contributed by atoms with Crippen molar-refractivity contribution in [3.05, 3.63) is 22.7 Å². The Balaban J connectivity index is 2.05. The molecule has 1 aliphatic rings. The van der Waals surface area contributed by atoms with Crippen molar-refractivity contribution in [1.29, 1.82) is 0 Å². The fourth-order valence-corrected chi connectivity index (χ4v) is 2.03. The molecule has 1 aromatic carbocycles. The molecule has 0 spiro atoms. The molecule has 0 aromatic heterocycles. The van der Waals surface area contributed by atoms with Gasteiger partial charge in [-0.1, -0.05) is 15.9 Å². The second-order valence-electron chi connectivity index (χ2n) is 3.68. The van der Waals surface area contributed by atoms with Crippen LogP contribution in [0, 0.1) is 0 Å². The molecule has 82 valence electrons. The van der Waals surface area contributed by atoms with E-state index in [1.165, 1.54) is 0 Å². The van der Waals surface area contributed by atoms with E-state index in [0.29, 0.717) is 6.04 Å². The standard InChI is InChI=1S/C11H15BrN2O/c1-13-5-4-9-7-15-11-3-2-8(12)6-10(11)14-9/h2-3,6,9,13-14H,4-5,7H2,1H3. The number of anilines is 1. The van der Waals surface area contributed by atoms with Gasteiger partial charge in [-0.2, -0.15) is 0 Å². The van der Waals surface area contributed by atoms with E-state index in [2.05, 4.69) is 32.6 Å². The van der Waals surface area contributed by atoms with Gasteiger partial charge in [0.05, 0.1) is 11.7 Å². The molecule has 1 aliphatic heterocycles. The van der Waals surface area contributed by atoms with Crippen molar-refractivity contribution in [2.24, 2.45) is 0 Å². The van der Waals surface area contributed by atoms with E-state index in [1.54, 1.807) is 0 Å². The van der Waals surface area contributed by atoms with Crippen LogP contribution in [0.2, 0.25) is 0 Å². The summed E-state index contributed by atoms with van der Waals surface area (Å²) < 4.78 is 6.75. The van der Waals surface area contributed by atoms with Gasteiger partial charge in [0.1, 0.15) is 12.4 Å². The van der Waals surface area contributed by atoms with E-state index >= 15 is 0 Å². The van der Waals surface area contributed by atoms with Crippen molar-refractivity contribution in [1.82, 2.24) is 5.32 Å². The summed E-state index contributed by atoms with van der Waals surface area (Å²) >= 11 is 3.46. The molecule has 0 fully saturated rings. The van der Waals surface area contributed by atoms with Gasteiger partial charge in [0.2, 0.25) is 0 Å². The molecule has 0 amide bonds. The lowest BCUT2D eigenvalue weighted by atomic mass is 10.1. The average molecular weight is 271 g/mol. The highest BCUT2D eigenvalue weighted by atomic mass is 79.9. The van der Waals surface area contributed by atoms with Crippen molar-refractivity contribution < 1.29 is 4.74 Å². The van der Waals surface area contributed by atoms with E-state index in [1.807, 2.05) is 19.2 Å². The molecule has 15 heavy (non-hydrogen) atoms. The Morgan fingerprint density at radius 2 is 2.47 bits per heavy atom. The largest absolute Gasteiger partial charge is 0.489 e. The van der Waals surface area contributed by atoms with Gasteiger partial charge in [-0.05, 0) is 38.2 Å². The number of rotatable bonds is 3. The molecule has 3 nitrogen and oxygen atoms in total. The molecule has 2 N–H and O–H groups in total. The molecule has 0 aliphatic carbocycles. The van der Waals surface area contributed by atoms with Gasteiger partial charge in [0.25, 0.3) is 0 Å². The van der Waals surface area contributed by atoms with E-state index < -0.39 is 0 Å². The zero-order chi connectivity index (χ0) is 10.7. The van der Waals surface area contributed by atoms with Crippen molar-refractivity contribution in [3.8, 4) is 5.75 Å². The van der Waals surface area contributed by atoms with Crippen LogP contribution in [0.15, 0.2) is 22.7 Å². The summed E-state index contributed by atoms with van der Waals surface area (Å²) in [4.78, 5) is 0. The van der Waals surface area contributed by atoms with Crippen molar-refractivity contribution in [2.45, 2.75) is 12.5 Å². The summed E-state index contributed by atoms with van der Waals surface area (Å²) in [6.07, 6.45) is 1.07. The first kappa shape index (κ1) is 10.8. The normalized spacial score (nSPS) is 18.9. The van der Waals surface area contributed by atoms with Gasteiger partial charge < -0.3 is 15.4 Å². The fourth-order valence-electron chi connectivity index (χ4n) is 1.67. The highest BCUT2D eigenvalue weighted by Gasteiger charge is 2.18. The maximum Gasteiger partial charge on any atom is 0.142 e. The molecular formula is C11H15BrN2O. The minimum absolute atomic E-state index is 0.402. The molecule has 1 heterocycles. The lowest BCUT2D eigenvalue weighted by Gasteiger charge is -2.27. The number of hydrogen-bond acceptors (Lipinski definition) is 3. The lowest BCUT2D eigenvalue weighted by molar-refractivity contribution is 0.278. The maximum absolute atomic E-state index is 5.68. The first-order chi connectivity index (χ1) is 7.29. The van der Waals surface area contributed by atoms with Gasteiger partial charge in [0, 0.05) is 4.47 Å². The van der Waals surface area contributed by atoms with Crippen molar-refractivity contribution in [2.75, 3.05) is 25.5 Å². The number of benzene rings is 1. The maximum atomic E-state index is 5.68. The number of nitrogens with one attached hydrogen (secondary N) is 2. The zero-order valence-electron chi connectivity index (χ0n) is 8.72. The van der Waals surface area contributed by atoms with Crippen LogP contribution < -0.4 is 15.4 Å². The van der Waals surface area contributed by atoms with Crippen LogP contribution >= 0.6 is 15.9 Å². The molecule has 0 saturated carbocycles. The Kier molecular flexibility index (Phi) is 3.49. The van der Waals surface area contributed by atoms with Crippen LogP contribution in [0.1, 0.15) is 6.42 Å². The Morgan fingerprint density at radius 1 is 1.60 bits per heavy atom. The summed E-state index contributed by atoms with van der Waals surface area (Å²) in [7, 11) is 1.97. The monoisotopic (exact) mass is 270 g/mol. The highest BCUT2D eigenvalue weighted by Crippen LogP contribution is 2.31. The predicted molar refractivity (Wildman–Crippen MR) is 65.6 cm³/mol. The number of fused-ring (bicyclic) bond motifs is 1. The van der Waals surface area contributed by atoms with Crippen molar-refractivity contribution in [3.63, 3.8) is 0 Å². The topological polar surface area (TPSA) is 33.3 Å². The first-order valence-electron chi connectivity index (χ1n) is 5.13. The molecule has 4 heteroatoms. The Bertz CT molecular complexity index is 343. The summed E-state index contributed by atoms with van der Waals surface area (Å²) in [6.45, 7) is 1.75. The summed E-state index contributed by atoms with van der Waals surface area (Å²) in [5.41, 5.74) is 1.08. The average Bonchev–Trinajstić information content (AvgIpc) is 2.25. The second-order valence-corrected chi connectivity index (χ2v) is 4.60. The number of halogens is 1. The van der Waals surface area contributed by atoms with Gasteiger partial charge in [-0.3, -0.25) is 0 Å². The molecule has 0 radical (unpaired) electrons. The summed E-state index contributed by atoms with van der Waals surface area (Å²) in [5.74, 6) is 0.943. The molecule has 0 bridgehead atoms. The zero-order valence-corrected chi connectivity index (χ0v) is 10.3. The molecule has 1 aromatic rings. The number of hydrogen-bond donors (Lipinski definition) is 2. The van der Waals surface area contributed by atoms with Gasteiger partial charge >= 0.3 is 0 Å². The van der Waals surface area contributed by atoms with Crippen LogP contribution in [0.5, 0.6) is 5.75 Å². The van der Waals surface area contributed by atoms with Crippen LogP contribution in [0.3, 0.4) is 0 Å². The first-order valence-corrected chi connectivity index (χ1v) is 5.92. The van der Waals surface area contributed by atoms with Gasteiger partial charge in [0.15, 0.2) is 0 Å². The summed E-state index contributed by atoms with van der Waals surface area (Å²) in [5, 5.41) is 6.62. The minimum atomic E-state index is 0.402. The molecule has 0 saturated heterocycles. The van der Waals surface area contributed by atoms with Gasteiger partial charge in [-0.25, -0.2) is 0 Å². The highest BCUT2D eigenvalue weighted by molar-refractivity contribution is 9.10. The number of ether oxygens (including phenoxy) is 1. The van der Waals surface area contributed by atoms with Crippen LogP contribution in [-0.4, -0.2) is 26.2 Å². The minimum Gasteiger partial charge on any atom is -0.489 e. The molecule has 1 unspecified atom stereocenters. The van der Waals surface area contributed by atoms with E-state index in [4.69, 9.17) is 4.74 Å². The van der Waals surface area contributed by atoms with E-state index in [9.17, 15) is 0 Å². The van der Waals surface area contributed by atoms with Crippen LogP contribution in [0.4, 0.5) is 5.69 Å². The van der Waals surface area contributed by atoms with Gasteiger partial charge in [-0.15, -0.1) is 0 Å². The third-order valence-electron chi connectivity index (χ3n) is 2.48. The lowest BCUT2D eigenvalue weighted by Crippen LogP contribution is -2.33. The smallest absolute Gasteiger partial charge is 0.142 e. The Morgan fingerprint density at radius 3 is 3.27 bits per heavy atom. The second kappa shape index (κ2) is 4.86. The van der Waals surface area contributed by atoms with E-state index in [-0.39, 0.29) is 0 Å². The van der Waals surface area contributed by atoms with Crippen molar-refractivity contribution >= 4 is 21.6 Å². The molecular weight excluding hydrogens is 256 g/mol. The van der Waals surface area contributed by atoms with Crippen LogP contribution in [-0.2, 0) is 0 Å².